The molecule has 0 radical (unpaired) electrons. The summed E-state index contributed by atoms with van der Waals surface area (Å²) in [6.45, 7) is 5.64. The lowest BCUT2D eigenvalue weighted by atomic mass is 10.0. The minimum Gasteiger partial charge on any atom is -0.457 e. The zero-order valence-electron chi connectivity index (χ0n) is 38.3. The standard InChI is InChI=1S/C48H94NO7P/c1-6-8-10-12-14-16-18-20-21-22-23-24-25-26-27-28-30-32-34-36-38-40-43-53-45-47(46-55-57(51,52)54-44-42-49(3,4)5)56-48(50)41-39-37-35-33-31-29-19-17-15-13-11-9-7-2/h18,20,22-23,47H,6-17,19,21,24-46H2,1-5H3/p+1/b20-18-,23-22-. The molecular formula is C48H95NO7P+. The molecule has 0 fully saturated rings. The number of carbonyl (C=O) groups is 1. The highest BCUT2D eigenvalue weighted by molar-refractivity contribution is 7.47. The summed E-state index contributed by atoms with van der Waals surface area (Å²) in [7, 11) is 1.67. The fourth-order valence-electron chi connectivity index (χ4n) is 6.76. The molecule has 8 nitrogen and oxygen atoms in total. The van der Waals surface area contributed by atoms with Gasteiger partial charge in [0.2, 0.25) is 0 Å². The zero-order chi connectivity index (χ0) is 42.0. The fraction of sp³-hybridized carbons (Fsp3) is 0.896. The first-order valence-electron chi connectivity index (χ1n) is 24.1. The van der Waals surface area contributed by atoms with Crippen LogP contribution in [0.1, 0.15) is 219 Å². The van der Waals surface area contributed by atoms with Gasteiger partial charge in [0.05, 0.1) is 34.4 Å². The number of likely N-dealkylation sites (N-methyl/N-ethyl adjacent to an activating group) is 1. The Kier molecular flexibility index (Phi) is 41.0. The third kappa shape index (κ3) is 45.9. The summed E-state index contributed by atoms with van der Waals surface area (Å²) < 4.78 is 35.1. The number of carbonyl (C=O) groups excluding carboxylic acids is 1. The molecule has 0 saturated heterocycles. The van der Waals surface area contributed by atoms with E-state index in [2.05, 4.69) is 38.2 Å². The van der Waals surface area contributed by atoms with Gasteiger partial charge in [-0.05, 0) is 44.9 Å². The molecule has 0 amide bonds. The number of hydrogen-bond acceptors (Lipinski definition) is 6. The summed E-state index contributed by atoms with van der Waals surface area (Å²) >= 11 is 0. The van der Waals surface area contributed by atoms with Crippen LogP contribution >= 0.6 is 7.82 Å². The van der Waals surface area contributed by atoms with Crippen molar-refractivity contribution in [3.05, 3.63) is 24.3 Å². The number of unbranched alkanes of at least 4 members (excludes halogenated alkanes) is 27. The van der Waals surface area contributed by atoms with E-state index in [4.69, 9.17) is 18.5 Å². The van der Waals surface area contributed by atoms with Crippen LogP contribution in [0.25, 0.3) is 0 Å². The Bertz CT molecular complexity index is 967. The summed E-state index contributed by atoms with van der Waals surface area (Å²) in [6.07, 6.45) is 47.8. The number of ether oxygens (including phenoxy) is 2. The molecule has 0 aliphatic heterocycles. The first-order valence-corrected chi connectivity index (χ1v) is 25.6. The minimum absolute atomic E-state index is 0.0902. The van der Waals surface area contributed by atoms with E-state index in [-0.39, 0.29) is 25.8 Å². The van der Waals surface area contributed by atoms with Crippen molar-refractivity contribution in [2.75, 3.05) is 54.1 Å². The molecule has 57 heavy (non-hydrogen) atoms. The summed E-state index contributed by atoms with van der Waals surface area (Å²) in [5.41, 5.74) is 0. The van der Waals surface area contributed by atoms with Gasteiger partial charge in [-0.25, -0.2) is 4.57 Å². The van der Waals surface area contributed by atoms with Gasteiger partial charge in [-0.2, -0.15) is 0 Å². The summed E-state index contributed by atoms with van der Waals surface area (Å²) in [6, 6.07) is 0. The number of nitrogens with zero attached hydrogens (tertiary/aromatic N) is 1. The van der Waals surface area contributed by atoms with Crippen LogP contribution in [0.15, 0.2) is 24.3 Å². The second-order valence-corrected chi connectivity index (χ2v) is 19.0. The molecule has 338 valence electrons. The van der Waals surface area contributed by atoms with E-state index < -0.39 is 13.9 Å². The molecule has 1 N–H and O–H groups in total. The lowest BCUT2D eigenvalue weighted by molar-refractivity contribution is -0.870. The Labute approximate surface area is 353 Å². The zero-order valence-corrected chi connectivity index (χ0v) is 39.2. The number of allylic oxidation sites excluding steroid dienone is 4. The van der Waals surface area contributed by atoms with Crippen LogP contribution in [0.2, 0.25) is 0 Å². The molecule has 0 aromatic carbocycles. The predicted molar refractivity (Wildman–Crippen MR) is 243 cm³/mol. The number of hydrogen-bond donors (Lipinski definition) is 1. The van der Waals surface area contributed by atoms with E-state index in [1.165, 1.54) is 161 Å². The smallest absolute Gasteiger partial charge is 0.457 e. The van der Waals surface area contributed by atoms with Crippen molar-refractivity contribution in [2.24, 2.45) is 0 Å². The molecule has 0 aromatic rings. The van der Waals surface area contributed by atoms with Crippen molar-refractivity contribution in [1.82, 2.24) is 0 Å². The Hall–Kier alpha value is -1.02. The maximum atomic E-state index is 12.7. The number of esters is 1. The molecule has 0 heterocycles. The molecule has 0 saturated carbocycles. The monoisotopic (exact) mass is 829 g/mol. The van der Waals surface area contributed by atoms with Crippen LogP contribution in [-0.4, -0.2) is 75.6 Å². The third-order valence-electron chi connectivity index (χ3n) is 10.5. The van der Waals surface area contributed by atoms with Gasteiger partial charge in [0.15, 0.2) is 0 Å². The highest BCUT2D eigenvalue weighted by Gasteiger charge is 2.26. The number of quaternary nitrogens is 1. The van der Waals surface area contributed by atoms with Crippen LogP contribution in [0, 0.1) is 0 Å². The Morgan fingerprint density at radius 2 is 0.965 bits per heavy atom. The first-order chi connectivity index (χ1) is 27.6. The van der Waals surface area contributed by atoms with Crippen molar-refractivity contribution in [3.8, 4) is 0 Å². The fourth-order valence-corrected chi connectivity index (χ4v) is 7.50. The molecule has 0 aromatic heterocycles. The number of phosphoric acid groups is 1. The Morgan fingerprint density at radius 1 is 0.544 bits per heavy atom. The Morgan fingerprint density at radius 3 is 1.42 bits per heavy atom. The minimum atomic E-state index is -4.27. The molecule has 2 unspecified atom stereocenters. The first kappa shape index (κ1) is 56.0. The van der Waals surface area contributed by atoms with Crippen molar-refractivity contribution >= 4 is 13.8 Å². The molecule has 0 rings (SSSR count). The van der Waals surface area contributed by atoms with Gasteiger partial charge in [0.25, 0.3) is 0 Å². The van der Waals surface area contributed by atoms with Crippen LogP contribution in [0.3, 0.4) is 0 Å². The van der Waals surface area contributed by atoms with E-state index >= 15 is 0 Å². The van der Waals surface area contributed by atoms with E-state index in [9.17, 15) is 14.3 Å². The summed E-state index contributed by atoms with van der Waals surface area (Å²) in [4.78, 5) is 22.9. The predicted octanol–water partition coefficient (Wildman–Crippen LogP) is 14.4. The number of rotatable bonds is 45. The van der Waals surface area contributed by atoms with Crippen LogP contribution in [-0.2, 0) is 27.9 Å². The lowest BCUT2D eigenvalue weighted by Crippen LogP contribution is -2.37. The van der Waals surface area contributed by atoms with E-state index in [1.807, 2.05) is 21.1 Å². The molecule has 0 aliphatic carbocycles. The molecule has 0 aliphatic rings. The third-order valence-corrected chi connectivity index (χ3v) is 11.5. The van der Waals surface area contributed by atoms with Crippen LogP contribution in [0.4, 0.5) is 0 Å². The number of phosphoric ester groups is 1. The van der Waals surface area contributed by atoms with Crippen molar-refractivity contribution in [2.45, 2.75) is 225 Å². The van der Waals surface area contributed by atoms with Crippen molar-refractivity contribution in [1.29, 1.82) is 0 Å². The van der Waals surface area contributed by atoms with Crippen LogP contribution < -0.4 is 0 Å². The maximum absolute atomic E-state index is 12.7. The maximum Gasteiger partial charge on any atom is 0.472 e. The van der Waals surface area contributed by atoms with Gasteiger partial charge in [-0.3, -0.25) is 13.8 Å². The van der Waals surface area contributed by atoms with Gasteiger partial charge >= 0.3 is 13.8 Å². The normalized spacial score (nSPS) is 13.9. The van der Waals surface area contributed by atoms with Gasteiger partial charge in [-0.1, -0.05) is 192 Å². The Balaban J connectivity index is 4.12. The van der Waals surface area contributed by atoms with E-state index in [0.717, 1.165) is 38.5 Å². The van der Waals surface area contributed by atoms with E-state index in [0.29, 0.717) is 24.1 Å². The van der Waals surface area contributed by atoms with Gasteiger partial charge in [0, 0.05) is 13.0 Å². The molecule has 0 spiro atoms. The summed E-state index contributed by atoms with van der Waals surface area (Å²) in [5, 5.41) is 0. The topological polar surface area (TPSA) is 91.3 Å². The molecular weight excluding hydrogens is 734 g/mol. The molecule has 9 heteroatoms. The highest BCUT2D eigenvalue weighted by atomic mass is 31.2. The lowest BCUT2D eigenvalue weighted by Gasteiger charge is -2.24. The average molecular weight is 829 g/mol. The largest absolute Gasteiger partial charge is 0.472 e. The summed E-state index contributed by atoms with van der Waals surface area (Å²) in [5.74, 6) is -0.312. The molecule has 0 bridgehead atoms. The highest BCUT2D eigenvalue weighted by Crippen LogP contribution is 2.43. The van der Waals surface area contributed by atoms with Gasteiger partial charge in [-0.15, -0.1) is 0 Å². The van der Waals surface area contributed by atoms with Crippen molar-refractivity contribution < 1.29 is 37.3 Å². The van der Waals surface area contributed by atoms with Gasteiger partial charge < -0.3 is 18.9 Å². The quantitative estimate of drug-likeness (QED) is 0.0215. The van der Waals surface area contributed by atoms with E-state index in [1.54, 1.807) is 0 Å². The SMILES string of the molecule is CCCCCCC/C=C\C/C=C\CCCCCCCCCCCCOCC(COP(=O)(O)OCC[N+](C)(C)C)OC(=O)CCCCCCCCCCCCCCC. The van der Waals surface area contributed by atoms with Crippen molar-refractivity contribution in [3.63, 3.8) is 0 Å². The average Bonchev–Trinajstić information content (AvgIpc) is 3.16. The second-order valence-electron chi connectivity index (χ2n) is 17.5. The van der Waals surface area contributed by atoms with Gasteiger partial charge in [0.1, 0.15) is 19.3 Å². The van der Waals surface area contributed by atoms with Crippen LogP contribution in [0.5, 0.6) is 0 Å². The molecule has 2 atom stereocenters. The second kappa shape index (κ2) is 41.7.